The van der Waals surface area contributed by atoms with Crippen molar-refractivity contribution in [2.45, 2.75) is 0 Å². The molecule has 0 unspecified atom stereocenters. The highest BCUT2D eigenvalue weighted by molar-refractivity contribution is 6.21. The van der Waals surface area contributed by atoms with Crippen LogP contribution in [0.2, 0.25) is 0 Å². The summed E-state index contributed by atoms with van der Waals surface area (Å²) >= 11 is 0. The first kappa shape index (κ1) is 35.4. The maximum Gasteiger partial charge on any atom is 0.143 e. The summed E-state index contributed by atoms with van der Waals surface area (Å²) in [6, 6.07) is 80.5. The van der Waals surface area contributed by atoms with Gasteiger partial charge < -0.3 is 13.7 Å². The van der Waals surface area contributed by atoms with Crippen LogP contribution in [-0.2, 0) is 0 Å². The summed E-state index contributed by atoms with van der Waals surface area (Å²) < 4.78 is 13.3. The van der Waals surface area contributed by atoms with Crippen molar-refractivity contribution in [1.82, 2.24) is 0 Å². The van der Waals surface area contributed by atoms with E-state index >= 15 is 0 Å². The van der Waals surface area contributed by atoms with Gasteiger partial charge in [-0.25, -0.2) is 0 Å². The third-order valence-corrected chi connectivity index (χ3v) is 12.9. The van der Waals surface area contributed by atoms with Gasteiger partial charge in [-0.3, -0.25) is 0 Å². The molecule has 0 saturated carbocycles. The highest BCUT2D eigenvalue weighted by Crippen LogP contribution is 2.47. The maximum atomic E-state index is 6.69. The normalized spacial score (nSPS) is 11.8. The van der Waals surface area contributed by atoms with E-state index in [1.54, 1.807) is 0 Å². The molecule has 0 bridgehead atoms. The van der Waals surface area contributed by atoms with E-state index in [9.17, 15) is 0 Å². The summed E-state index contributed by atoms with van der Waals surface area (Å²) in [7, 11) is 0. The van der Waals surface area contributed by atoms with Crippen molar-refractivity contribution in [2.24, 2.45) is 0 Å². The molecule has 13 rings (SSSR count). The van der Waals surface area contributed by atoms with Crippen LogP contribution in [-0.4, -0.2) is 0 Å². The number of hydrogen-bond acceptors (Lipinski definition) is 3. The zero-order chi connectivity index (χ0) is 41.4. The van der Waals surface area contributed by atoms with Crippen molar-refractivity contribution < 1.29 is 8.83 Å². The van der Waals surface area contributed by atoms with Crippen LogP contribution in [0.25, 0.3) is 110 Å². The monoisotopic (exact) mass is 803 g/mol. The van der Waals surface area contributed by atoms with Gasteiger partial charge in [-0.1, -0.05) is 164 Å². The zero-order valence-corrected chi connectivity index (χ0v) is 34.1. The molecule has 0 saturated heterocycles. The summed E-state index contributed by atoms with van der Waals surface area (Å²) in [6.45, 7) is 0. The Bertz CT molecular complexity index is 3910. The van der Waals surface area contributed by atoms with Crippen LogP contribution in [0.3, 0.4) is 0 Å². The lowest BCUT2D eigenvalue weighted by Crippen LogP contribution is -2.11. The molecule has 0 aliphatic carbocycles. The van der Waals surface area contributed by atoms with Crippen LogP contribution >= 0.6 is 0 Å². The molecule has 0 N–H and O–H groups in total. The lowest BCUT2D eigenvalue weighted by molar-refractivity contribution is 0.672. The third kappa shape index (κ3) is 5.67. The number of nitrogens with zero attached hydrogens (tertiary/aromatic N) is 1. The average Bonchev–Trinajstić information content (AvgIpc) is 3.94. The van der Waals surface area contributed by atoms with Gasteiger partial charge in [0.05, 0.1) is 5.69 Å². The highest BCUT2D eigenvalue weighted by Gasteiger charge is 2.22. The average molecular weight is 804 g/mol. The van der Waals surface area contributed by atoms with Crippen molar-refractivity contribution in [3.8, 4) is 33.4 Å². The fourth-order valence-electron chi connectivity index (χ4n) is 9.86. The van der Waals surface area contributed by atoms with Crippen molar-refractivity contribution >= 4 is 93.3 Å². The van der Waals surface area contributed by atoms with Crippen molar-refractivity contribution in [1.29, 1.82) is 0 Å². The molecular formula is C60H37NO2. The minimum atomic E-state index is 0.873. The van der Waals surface area contributed by atoms with Crippen molar-refractivity contribution in [3.05, 3.63) is 224 Å². The summed E-state index contributed by atoms with van der Waals surface area (Å²) in [5.74, 6) is 0. The summed E-state index contributed by atoms with van der Waals surface area (Å²) in [6.07, 6.45) is 0. The Hall–Kier alpha value is -8.40. The third-order valence-electron chi connectivity index (χ3n) is 12.9. The Morgan fingerprint density at radius 3 is 1.41 bits per heavy atom. The quantitative estimate of drug-likeness (QED) is 0.168. The lowest BCUT2D eigenvalue weighted by Gasteiger charge is -2.28. The topological polar surface area (TPSA) is 29.5 Å². The summed E-state index contributed by atoms with van der Waals surface area (Å²) in [5, 5.41) is 11.5. The van der Waals surface area contributed by atoms with Crippen LogP contribution < -0.4 is 4.90 Å². The molecule has 294 valence electrons. The van der Waals surface area contributed by atoms with Gasteiger partial charge in [0.1, 0.15) is 22.3 Å². The van der Waals surface area contributed by atoms with E-state index in [0.717, 1.165) is 94.0 Å². The van der Waals surface area contributed by atoms with Gasteiger partial charge in [0.15, 0.2) is 0 Å². The Morgan fingerprint density at radius 1 is 0.286 bits per heavy atom. The minimum absolute atomic E-state index is 0.873. The Balaban J connectivity index is 0.978. The molecule has 3 heteroatoms. The Kier molecular flexibility index (Phi) is 7.91. The van der Waals surface area contributed by atoms with Gasteiger partial charge in [0, 0.05) is 49.3 Å². The second-order valence-corrected chi connectivity index (χ2v) is 16.4. The molecule has 11 aromatic carbocycles. The van der Waals surface area contributed by atoms with Gasteiger partial charge in [-0.15, -0.1) is 0 Å². The van der Waals surface area contributed by atoms with Gasteiger partial charge in [-0.05, 0) is 110 Å². The van der Waals surface area contributed by atoms with Crippen molar-refractivity contribution in [3.63, 3.8) is 0 Å². The fourth-order valence-corrected chi connectivity index (χ4v) is 9.86. The second-order valence-electron chi connectivity index (χ2n) is 16.4. The number of rotatable bonds is 6. The van der Waals surface area contributed by atoms with Crippen LogP contribution in [0.5, 0.6) is 0 Å². The van der Waals surface area contributed by atoms with Crippen LogP contribution in [0.4, 0.5) is 17.1 Å². The first-order valence-corrected chi connectivity index (χ1v) is 21.5. The standard InChI is InChI=1S/C60H37NO2/c1-2-14-43-37-44(24-23-38(43)11-1)39-25-31-45(32-26-39)61(46-33-27-42(28-34-46)47-18-9-21-55-57(47)52-35-29-40-12-3-5-15-48(40)59(52)62-55)54-20-8-7-17-50(54)51-19-10-22-56-58(51)53-36-30-41-13-4-6-16-49(41)60(53)63-56/h1-37H. The Morgan fingerprint density at radius 2 is 0.762 bits per heavy atom. The van der Waals surface area contributed by atoms with Crippen LogP contribution in [0.1, 0.15) is 0 Å². The number of furan rings is 2. The van der Waals surface area contributed by atoms with Gasteiger partial charge in [0.25, 0.3) is 0 Å². The molecule has 13 aromatic rings. The summed E-state index contributed by atoms with van der Waals surface area (Å²) in [4.78, 5) is 2.39. The Labute approximate surface area is 363 Å². The van der Waals surface area contributed by atoms with E-state index < -0.39 is 0 Å². The number of anilines is 3. The molecule has 2 aromatic heterocycles. The molecule has 63 heavy (non-hydrogen) atoms. The maximum absolute atomic E-state index is 6.69. The number of benzene rings is 11. The van der Waals surface area contributed by atoms with E-state index in [2.05, 4.69) is 229 Å². The number of fused-ring (bicyclic) bond motifs is 11. The van der Waals surface area contributed by atoms with Crippen molar-refractivity contribution in [2.75, 3.05) is 4.90 Å². The summed E-state index contributed by atoms with van der Waals surface area (Å²) in [5.41, 5.74) is 13.7. The van der Waals surface area contributed by atoms with E-state index in [4.69, 9.17) is 8.83 Å². The van der Waals surface area contributed by atoms with E-state index in [0.29, 0.717) is 0 Å². The van der Waals surface area contributed by atoms with Gasteiger partial charge in [-0.2, -0.15) is 0 Å². The zero-order valence-electron chi connectivity index (χ0n) is 34.1. The molecule has 0 spiro atoms. The predicted molar refractivity (Wildman–Crippen MR) is 265 cm³/mol. The largest absolute Gasteiger partial charge is 0.455 e. The fraction of sp³-hybridized carbons (Fsp3) is 0. The molecule has 3 nitrogen and oxygen atoms in total. The van der Waals surface area contributed by atoms with Gasteiger partial charge in [0.2, 0.25) is 0 Å². The first-order valence-electron chi connectivity index (χ1n) is 21.5. The van der Waals surface area contributed by atoms with Crippen LogP contribution in [0, 0.1) is 0 Å². The molecule has 0 radical (unpaired) electrons. The number of hydrogen-bond donors (Lipinski definition) is 0. The molecule has 0 amide bonds. The smallest absolute Gasteiger partial charge is 0.143 e. The second kappa shape index (κ2) is 14.1. The molecule has 2 heterocycles. The molecular weight excluding hydrogens is 767 g/mol. The molecule has 0 atom stereocenters. The highest BCUT2D eigenvalue weighted by atomic mass is 16.3. The number of para-hydroxylation sites is 1. The molecule has 0 aliphatic heterocycles. The van der Waals surface area contributed by atoms with E-state index in [-0.39, 0.29) is 0 Å². The molecule has 0 aliphatic rings. The van der Waals surface area contributed by atoms with E-state index in [1.807, 2.05) is 0 Å². The predicted octanol–water partition coefficient (Wildman–Crippen LogP) is 17.4. The SMILES string of the molecule is c1ccc(N(c2ccc(-c3ccc4ccccc4c3)cc2)c2ccc(-c3cccc4oc5c6ccccc6ccc5c34)cc2)c(-c2cccc3oc4c5ccccc5ccc4c23)c1. The van der Waals surface area contributed by atoms with E-state index in [1.165, 1.54) is 32.7 Å². The minimum Gasteiger partial charge on any atom is -0.455 e. The van der Waals surface area contributed by atoms with Crippen LogP contribution in [0.15, 0.2) is 233 Å². The lowest BCUT2D eigenvalue weighted by atomic mass is 9.95. The first-order chi connectivity index (χ1) is 31.2. The van der Waals surface area contributed by atoms with Gasteiger partial charge >= 0.3 is 0 Å². The molecule has 0 fully saturated rings.